The van der Waals surface area contributed by atoms with Crippen molar-refractivity contribution in [1.29, 1.82) is 0 Å². The Morgan fingerprint density at radius 1 is 1.21 bits per heavy atom. The fourth-order valence-electron chi connectivity index (χ4n) is 1.99. The van der Waals surface area contributed by atoms with Crippen LogP contribution in [-0.4, -0.2) is 23.5 Å². The molecule has 6 heteroatoms. The van der Waals surface area contributed by atoms with E-state index in [0.717, 1.165) is 5.56 Å². The number of rotatable bonds is 6. The Morgan fingerprint density at radius 2 is 1.96 bits per heavy atom. The molecular formula is C18H20N2O4. The maximum atomic E-state index is 11.3. The summed E-state index contributed by atoms with van der Waals surface area (Å²) < 4.78 is 10.4. The minimum absolute atomic E-state index is 0.0500. The molecule has 1 amide bonds. The Kier molecular flexibility index (Phi) is 6.19. The van der Waals surface area contributed by atoms with Crippen LogP contribution in [0.15, 0.2) is 53.6 Å². The van der Waals surface area contributed by atoms with Gasteiger partial charge in [0.25, 0.3) is 0 Å². The monoisotopic (exact) mass is 328 g/mol. The molecule has 24 heavy (non-hydrogen) atoms. The van der Waals surface area contributed by atoms with Gasteiger partial charge in [-0.15, -0.1) is 0 Å². The van der Waals surface area contributed by atoms with Gasteiger partial charge in [-0.25, -0.2) is 10.2 Å². The van der Waals surface area contributed by atoms with Crippen molar-refractivity contribution < 1.29 is 19.4 Å². The third kappa shape index (κ3) is 5.01. The van der Waals surface area contributed by atoms with E-state index in [1.165, 1.54) is 6.07 Å². The van der Waals surface area contributed by atoms with Crippen LogP contribution in [0.5, 0.6) is 11.5 Å². The molecule has 0 aromatic heterocycles. The Hall–Kier alpha value is -3.02. The number of hydrazone groups is 1. The number of carbonyl (C=O) groups is 1. The first kappa shape index (κ1) is 17.3. The first-order chi connectivity index (χ1) is 11.6. The van der Waals surface area contributed by atoms with E-state index in [2.05, 4.69) is 10.5 Å². The van der Waals surface area contributed by atoms with Gasteiger partial charge in [-0.05, 0) is 37.6 Å². The minimum atomic E-state index is -0.646. The SMILES string of the molecule is CCOC(=O)N/N=C(/C)c1cc(OCc2ccccc2)ccc1O. The highest BCUT2D eigenvalue weighted by atomic mass is 16.5. The lowest BCUT2D eigenvalue weighted by atomic mass is 10.1. The molecule has 6 nitrogen and oxygen atoms in total. The van der Waals surface area contributed by atoms with E-state index in [4.69, 9.17) is 9.47 Å². The number of hydrogen-bond acceptors (Lipinski definition) is 5. The molecular weight excluding hydrogens is 308 g/mol. The van der Waals surface area contributed by atoms with Gasteiger partial charge in [-0.1, -0.05) is 30.3 Å². The zero-order valence-electron chi connectivity index (χ0n) is 13.7. The molecule has 0 spiro atoms. The van der Waals surface area contributed by atoms with E-state index < -0.39 is 6.09 Å². The number of aromatic hydroxyl groups is 1. The van der Waals surface area contributed by atoms with Gasteiger partial charge in [-0.3, -0.25) is 0 Å². The standard InChI is InChI=1S/C18H20N2O4/c1-3-23-18(22)20-19-13(2)16-11-15(9-10-17(16)21)24-12-14-7-5-4-6-8-14/h4-11,21H,3,12H2,1-2H3,(H,20,22)/b19-13-. The number of carbonyl (C=O) groups excluding carboxylic acids is 1. The quantitative estimate of drug-likeness (QED) is 0.629. The molecule has 0 fully saturated rings. The van der Waals surface area contributed by atoms with E-state index in [-0.39, 0.29) is 12.4 Å². The number of phenolic OH excluding ortho intramolecular Hbond substituents is 1. The van der Waals surface area contributed by atoms with E-state index in [0.29, 0.717) is 23.6 Å². The first-order valence-corrected chi connectivity index (χ1v) is 7.57. The number of hydrogen-bond donors (Lipinski definition) is 2. The molecule has 126 valence electrons. The van der Waals surface area contributed by atoms with Crippen LogP contribution in [0.3, 0.4) is 0 Å². The van der Waals surface area contributed by atoms with Gasteiger partial charge in [0.15, 0.2) is 0 Å². The zero-order chi connectivity index (χ0) is 17.4. The minimum Gasteiger partial charge on any atom is -0.507 e. The van der Waals surface area contributed by atoms with Gasteiger partial charge < -0.3 is 14.6 Å². The molecule has 2 rings (SSSR count). The first-order valence-electron chi connectivity index (χ1n) is 7.57. The van der Waals surface area contributed by atoms with E-state index in [9.17, 15) is 9.90 Å². The lowest BCUT2D eigenvalue weighted by molar-refractivity contribution is 0.152. The molecule has 2 aromatic rings. The molecule has 0 saturated carbocycles. The number of ether oxygens (including phenoxy) is 2. The Bertz CT molecular complexity index is 714. The summed E-state index contributed by atoms with van der Waals surface area (Å²) in [7, 11) is 0. The van der Waals surface area contributed by atoms with Crippen molar-refractivity contribution in [2.45, 2.75) is 20.5 Å². The number of phenols is 1. The molecule has 0 heterocycles. The van der Waals surface area contributed by atoms with Crippen LogP contribution >= 0.6 is 0 Å². The molecule has 0 saturated heterocycles. The molecule has 2 N–H and O–H groups in total. The molecule has 0 aliphatic rings. The summed E-state index contributed by atoms with van der Waals surface area (Å²) in [5.74, 6) is 0.645. The maximum absolute atomic E-state index is 11.3. The molecule has 0 aliphatic heterocycles. The highest BCUT2D eigenvalue weighted by Gasteiger charge is 2.08. The van der Waals surface area contributed by atoms with E-state index in [1.54, 1.807) is 26.0 Å². The molecule has 0 bridgehead atoms. The number of nitrogens with one attached hydrogen (secondary N) is 1. The summed E-state index contributed by atoms with van der Waals surface area (Å²) in [5.41, 5.74) is 4.21. The highest BCUT2D eigenvalue weighted by molar-refractivity contribution is 6.01. The Balaban J connectivity index is 2.07. The molecule has 0 unspecified atom stereocenters. The lowest BCUT2D eigenvalue weighted by Crippen LogP contribution is -2.20. The van der Waals surface area contributed by atoms with Crippen LogP contribution in [0.4, 0.5) is 4.79 Å². The highest BCUT2D eigenvalue weighted by Crippen LogP contribution is 2.24. The van der Waals surface area contributed by atoms with Crippen molar-refractivity contribution in [2.75, 3.05) is 6.61 Å². The van der Waals surface area contributed by atoms with Gasteiger partial charge >= 0.3 is 6.09 Å². The third-order valence-electron chi connectivity index (χ3n) is 3.20. The fraction of sp³-hybridized carbons (Fsp3) is 0.222. The largest absolute Gasteiger partial charge is 0.507 e. The maximum Gasteiger partial charge on any atom is 0.427 e. The Morgan fingerprint density at radius 3 is 2.67 bits per heavy atom. The summed E-state index contributed by atoms with van der Waals surface area (Å²) >= 11 is 0. The normalized spacial score (nSPS) is 11.0. The van der Waals surface area contributed by atoms with Crippen LogP contribution < -0.4 is 10.2 Å². The predicted molar refractivity (Wildman–Crippen MR) is 91.2 cm³/mol. The van der Waals surface area contributed by atoms with Gasteiger partial charge in [0.05, 0.1) is 12.3 Å². The molecule has 0 radical (unpaired) electrons. The smallest absolute Gasteiger partial charge is 0.427 e. The second kappa shape index (κ2) is 8.57. The van der Waals surface area contributed by atoms with Crippen LogP contribution in [0.2, 0.25) is 0 Å². The zero-order valence-corrected chi connectivity index (χ0v) is 13.7. The summed E-state index contributed by atoms with van der Waals surface area (Å²) in [4.78, 5) is 11.3. The molecule has 2 aromatic carbocycles. The lowest BCUT2D eigenvalue weighted by Gasteiger charge is -2.10. The van der Waals surface area contributed by atoms with Gasteiger partial charge in [-0.2, -0.15) is 5.10 Å². The van der Waals surface area contributed by atoms with Gasteiger partial charge in [0.1, 0.15) is 18.1 Å². The van der Waals surface area contributed by atoms with Crippen molar-refractivity contribution in [1.82, 2.24) is 5.43 Å². The van der Waals surface area contributed by atoms with Crippen LogP contribution in [0.25, 0.3) is 0 Å². The Labute approximate surface area is 140 Å². The predicted octanol–water partition coefficient (Wildman–Crippen LogP) is 3.44. The van der Waals surface area contributed by atoms with Crippen molar-refractivity contribution in [3.8, 4) is 11.5 Å². The van der Waals surface area contributed by atoms with Crippen LogP contribution in [0, 0.1) is 0 Å². The van der Waals surface area contributed by atoms with Gasteiger partial charge in [0.2, 0.25) is 0 Å². The molecule has 0 aliphatic carbocycles. The topological polar surface area (TPSA) is 80.2 Å². The third-order valence-corrected chi connectivity index (χ3v) is 3.20. The van der Waals surface area contributed by atoms with Crippen molar-refractivity contribution >= 4 is 11.8 Å². The molecule has 0 atom stereocenters. The summed E-state index contributed by atoms with van der Waals surface area (Å²) in [6, 6.07) is 14.6. The summed E-state index contributed by atoms with van der Waals surface area (Å²) in [6.45, 7) is 4.05. The van der Waals surface area contributed by atoms with Crippen molar-refractivity contribution in [3.05, 3.63) is 59.7 Å². The van der Waals surface area contributed by atoms with E-state index in [1.807, 2.05) is 30.3 Å². The van der Waals surface area contributed by atoms with Crippen LogP contribution in [0.1, 0.15) is 25.0 Å². The summed E-state index contributed by atoms with van der Waals surface area (Å²) in [5, 5.41) is 13.9. The second-order valence-corrected chi connectivity index (χ2v) is 4.98. The number of benzene rings is 2. The van der Waals surface area contributed by atoms with E-state index >= 15 is 0 Å². The average Bonchev–Trinajstić information content (AvgIpc) is 2.60. The second-order valence-electron chi connectivity index (χ2n) is 4.98. The van der Waals surface area contributed by atoms with Gasteiger partial charge in [0, 0.05) is 5.56 Å². The average molecular weight is 328 g/mol. The van der Waals surface area contributed by atoms with Crippen LogP contribution in [-0.2, 0) is 11.3 Å². The summed E-state index contributed by atoms with van der Waals surface area (Å²) in [6.07, 6.45) is -0.646. The number of nitrogens with zero attached hydrogens (tertiary/aromatic N) is 1. The fourth-order valence-corrected chi connectivity index (χ4v) is 1.99. The van der Waals surface area contributed by atoms with Crippen molar-refractivity contribution in [2.24, 2.45) is 5.10 Å². The van der Waals surface area contributed by atoms with Crippen molar-refractivity contribution in [3.63, 3.8) is 0 Å². The number of amides is 1.